The maximum atomic E-state index is 11.5. The second-order valence-electron chi connectivity index (χ2n) is 4.78. The minimum Gasteiger partial charge on any atom is -0.354 e. The number of amides is 2. The summed E-state index contributed by atoms with van der Waals surface area (Å²) in [5, 5.41) is 5.46. The van der Waals surface area contributed by atoms with Crippen molar-refractivity contribution in [3.05, 3.63) is 0 Å². The number of nitrogens with two attached hydrogens (primary N) is 1. The first-order chi connectivity index (χ1) is 8.09. The Hall–Kier alpha value is -1.10. The van der Waals surface area contributed by atoms with Gasteiger partial charge in [-0.05, 0) is 25.7 Å². The highest BCUT2D eigenvalue weighted by Gasteiger charge is 2.17. The molecule has 98 valence electrons. The van der Waals surface area contributed by atoms with E-state index in [0.29, 0.717) is 25.4 Å². The summed E-state index contributed by atoms with van der Waals surface area (Å²) in [7, 11) is 0. The molecule has 0 aromatic carbocycles. The van der Waals surface area contributed by atoms with Gasteiger partial charge >= 0.3 is 0 Å². The largest absolute Gasteiger partial charge is 0.354 e. The fraction of sp³-hybridized carbons (Fsp3) is 0.833. The lowest BCUT2D eigenvalue weighted by molar-refractivity contribution is -0.123. The van der Waals surface area contributed by atoms with E-state index in [1.54, 1.807) is 6.92 Å². The number of hydrogen-bond acceptors (Lipinski definition) is 3. The summed E-state index contributed by atoms with van der Waals surface area (Å²) in [4.78, 5) is 22.6. The number of hydrogen-bond donors (Lipinski definition) is 3. The van der Waals surface area contributed by atoms with Crippen LogP contribution in [0.1, 0.15) is 39.0 Å². The van der Waals surface area contributed by atoms with Crippen LogP contribution in [-0.4, -0.2) is 30.9 Å². The van der Waals surface area contributed by atoms with Crippen LogP contribution in [0.3, 0.4) is 0 Å². The number of carbonyl (C=O) groups excluding carboxylic acids is 2. The van der Waals surface area contributed by atoms with Crippen molar-refractivity contribution in [2.75, 3.05) is 13.1 Å². The molecule has 4 N–H and O–H groups in total. The predicted molar refractivity (Wildman–Crippen MR) is 66.2 cm³/mol. The Balaban J connectivity index is 2.02. The average Bonchev–Trinajstić information content (AvgIpc) is 2.76. The molecule has 0 radical (unpaired) electrons. The highest BCUT2D eigenvalue weighted by atomic mass is 16.2. The van der Waals surface area contributed by atoms with E-state index in [0.717, 1.165) is 0 Å². The molecule has 1 aliphatic rings. The molecule has 0 aliphatic heterocycles. The highest BCUT2D eigenvalue weighted by molar-refractivity contribution is 5.81. The van der Waals surface area contributed by atoms with Crippen LogP contribution in [0.25, 0.3) is 0 Å². The molecule has 0 bridgehead atoms. The molecule has 0 heterocycles. The van der Waals surface area contributed by atoms with Gasteiger partial charge in [0, 0.05) is 19.5 Å². The normalized spacial score (nSPS) is 17.8. The minimum absolute atomic E-state index is 0.0898. The van der Waals surface area contributed by atoms with E-state index in [2.05, 4.69) is 10.6 Å². The third-order valence-electron chi connectivity index (χ3n) is 3.11. The van der Waals surface area contributed by atoms with E-state index in [9.17, 15) is 9.59 Å². The van der Waals surface area contributed by atoms with Crippen LogP contribution in [0.15, 0.2) is 0 Å². The van der Waals surface area contributed by atoms with E-state index in [4.69, 9.17) is 5.73 Å². The molecule has 0 spiro atoms. The van der Waals surface area contributed by atoms with Crippen molar-refractivity contribution in [3.8, 4) is 0 Å². The fourth-order valence-corrected chi connectivity index (χ4v) is 2.10. The predicted octanol–water partition coefficient (Wildman–Crippen LogP) is 0.146. The third kappa shape index (κ3) is 5.68. The number of nitrogens with one attached hydrogen (secondary N) is 2. The van der Waals surface area contributed by atoms with Gasteiger partial charge in [0.1, 0.15) is 0 Å². The van der Waals surface area contributed by atoms with Crippen molar-refractivity contribution in [2.24, 2.45) is 11.7 Å². The summed E-state index contributed by atoms with van der Waals surface area (Å²) in [6.07, 6.45) is 5.48. The van der Waals surface area contributed by atoms with E-state index in [1.807, 2.05) is 0 Å². The Kier molecular flexibility index (Phi) is 5.97. The first-order valence-corrected chi connectivity index (χ1v) is 6.39. The van der Waals surface area contributed by atoms with E-state index in [-0.39, 0.29) is 11.8 Å². The number of rotatable bonds is 6. The highest BCUT2D eigenvalue weighted by Crippen LogP contribution is 2.27. The smallest absolute Gasteiger partial charge is 0.236 e. The fourth-order valence-electron chi connectivity index (χ4n) is 2.10. The summed E-state index contributed by atoms with van der Waals surface area (Å²) in [6.45, 7) is 2.55. The average molecular weight is 241 g/mol. The molecule has 1 saturated carbocycles. The Morgan fingerprint density at radius 3 is 2.41 bits per heavy atom. The van der Waals surface area contributed by atoms with Crippen LogP contribution in [-0.2, 0) is 9.59 Å². The van der Waals surface area contributed by atoms with Gasteiger partial charge in [-0.3, -0.25) is 9.59 Å². The quantitative estimate of drug-likeness (QED) is 0.579. The molecule has 0 unspecified atom stereocenters. The van der Waals surface area contributed by atoms with E-state index < -0.39 is 6.04 Å². The van der Waals surface area contributed by atoms with Crippen LogP contribution >= 0.6 is 0 Å². The van der Waals surface area contributed by atoms with E-state index in [1.165, 1.54) is 25.7 Å². The van der Waals surface area contributed by atoms with Gasteiger partial charge in [0.2, 0.25) is 11.8 Å². The van der Waals surface area contributed by atoms with Gasteiger partial charge in [0.05, 0.1) is 6.04 Å². The Morgan fingerprint density at radius 1 is 1.24 bits per heavy atom. The molecular formula is C12H23N3O2. The Labute approximate surface area is 103 Å². The van der Waals surface area contributed by atoms with Crippen LogP contribution in [0, 0.1) is 5.92 Å². The molecule has 2 amide bonds. The summed E-state index contributed by atoms with van der Waals surface area (Å²) in [6, 6.07) is -0.496. The van der Waals surface area contributed by atoms with Crippen molar-refractivity contribution >= 4 is 11.8 Å². The molecule has 5 heteroatoms. The molecule has 1 atom stereocenters. The molecule has 0 saturated heterocycles. The van der Waals surface area contributed by atoms with Crippen molar-refractivity contribution in [2.45, 2.75) is 45.1 Å². The second-order valence-corrected chi connectivity index (χ2v) is 4.78. The molecular weight excluding hydrogens is 218 g/mol. The zero-order valence-corrected chi connectivity index (χ0v) is 10.5. The van der Waals surface area contributed by atoms with Crippen LogP contribution < -0.4 is 16.4 Å². The van der Waals surface area contributed by atoms with E-state index >= 15 is 0 Å². The van der Waals surface area contributed by atoms with Gasteiger partial charge in [-0.25, -0.2) is 0 Å². The molecule has 0 aromatic rings. The van der Waals surface area contributed by atoms with Crippen LogP contribution in [0.5, 0.6) is 0 Å². The minimum atomic E-state index is -0.496. The van der Waals surface area contributed by atoms with Gasteiger partial charge in [0.25, 0.3) is 0 Å². The number of carbonyl (C=O) groups is 2. The molecule has 1 aliphatic carbocycles. The zero-order chi connectivity index (χ0) is 12.7. The summed E-state index contributed by atoms with van der Waals surface area (Å²) in [5.74, 6) is 0.468. The molecule has 17 heavy (non-hydrogen) atoms. The van der Waals surface area contributed by atoms with Gasteiger partial charge in [-0.1, -0.05) is 12.8 Å². The standard InChI is InChI=1S/C12H23N3O2/c1-9(13)12(17)15-7-6-14-11(16)8-10-4-2-3-5-10/h9-10H,2-8,13H2,1H3,(H,14,16)(H,15,17)/t9-/m1/s1. The molecule has 5 nitrogen and oxygen atoms in total. The molecule has 1 rings (SSSR count). The first kappa shape index (κ1) is 14.0. The summed E-state index contributed by atoms with van der Waals surface area (Å²) in [5.41, 5.74) is 5.39. The third-order valence-corrected chi connectivity index (χ3v) is 3.11. The lowest BCUT2D eigenvalue weighted by Crippen LogP contribution is -2.42. The lowest BCUT2D eigenvalue weighted by atomic mass is 10.0. The van der Waals surface area contributed by atoms with Crippen LogP contribution in [0.2, 0.25) is 0 Å². The summed E-state index contributed by atoms with van der Waals surface area (Å²) < 4.78 is 0. The molecule has 0 aromatic heterocycles. The zero-order valence-electron chi connectivity index (χ0n) is 10.5. The second kappa shape index (κ2) is 7.27. The van der Waals surface area contributed by atoms with Gasteiger partial charge < -0.3 is 16.4 Å². The maximum absolute atomic E-state index is 11.5. The maximum Gasteiger partial charge on any atom is 0.236 e. The Morgan fingerprint density at radius 2 is 1.82 bits per heavy atom. The van der Waals surface area contributed by atoms with Crippen molar-refractivity contribution in [3.63, 3.8) is 0 Å². The topological polar surface area (TPSA) is 84.2 Å². The van der Waals surface area contributed by atoms with Crippen molar-refractivity contribution in [1.29, 1.82) is 0 Å². The van der Waals surface area contributed by atoms with Gasteiger partial charge in [-0.2, -0.15) is 0 Å². The summed E-state index contributed by atoms with van der Waals surface area (Å²) >= 11 is 0. The Bertz CT molecular complexity index is 260. The lowest BCUT2D eigenvalue weighted by Gasteiger charge is -2.11. The molecule has 1 fully saturated rings. The van der Waals surface area contributed by atoms with Crippen LogP contribution in [0.4, 0.5) is 0 Å². The van der Waals surface area contributed by atoms with Crippen molar-refractivity contribution < 1.29 is 9.59 Å². The monoisotopic (exact) mass is 241 g/mol. The van der Waals surface area contributed by atoms with Crippen molar-refractivity contribution in [1.82, 2.24) is 10.6 Å². The first-order valence-electron chi connectivity index (χ1n) is 6.39. The SMILES string of the molecule is C[C@@H](N)C(=O)NCCNC(=O)CC1CCCC1. The van der Waals surface area contributed by atoms with Gasteiger partial charge in [0.15, 0.2) is 0 Å². The van der Waals surface area contributed by atoms with Gasteiger partial charge in [-0.15, -0.1) is 0 Å².